The van der Waals surface area contributed by atoms with Gasteiger partial charge in [-0.15, -0.1) is 0 Å². The molecule has 2 saturated heterocycles. The molecule has 1 aromatic rings. The number of nitrogens with zero attached hydrogens (tertiary/aromatic N) is 3. The number of hydrogen-bond acceptors (Lipinski definition) is 3. The van der Waals surface area contributed by atoms with Crippen LogP contribution < -0.4 is 5.32 Å². The molecule has 1 N–H and O–H groups in total. The van der Waals surface area contributed by atoms with Gasteiger partial charge in [0, 0.05) is 25.5 Å². The van der Waals surface area contributed by atoms with Crippen LogP contribution in [0, 0.1) is 0 Å². The predicted molar refractivity (Wildman–Crippen MR) is 65.0 cm³/mol. The van der Waals surface area contributed by atoms with Gasteiger partial charge in [0.15, 0.2) is 0 Å². The zero-order valence-electron chi connectivity index (χ0n) is 10.3. The zero-order chi connectivity index (χ0) is 13.4. The molecule has 0 radical (unpaired) electrons. The van der Waals surface area contributed by atoms with Crippen molar-refractivity contribution < 1.29 is 14.4 Å². The molecule has 2 aliphatic rings. The highest BCUT2D eigenvalue weighted by Crippen LogP contribution is 2.18. The summed E-state index contributed by atoms with van der Waals surface area (Å²) in [6.07, 6.45) is 3.65. The van der Waals surface area contributed by atoms with Gasteiger partial charge < -0.3 is 14.8 Å². The van der Waals surface area contributed by atoms with E-state index in [9.17, 15) is 14.4 Å². The first-order chi connectivity index (χ1) is 9.15. The van der Waals surface area contributed by atoms with Gasteiger partial charge in [0.05, 0.1) is 12.6 Å². The van der Waals surface area contributed by atoms with Crippen LogP contribution in [0.2, 0.25) is 0 Å². The van der Waals surface area contributed by atoms with Gasteiger partial charge in [-0.05, 0) is 12.1 Å². The second-order valence-corrected chi connectivity index (χ2v) is 4.73. The number of aromatic nitrogens is 1. The third kappa shape index (κ3) is 2.07. The lowest BCUT2D eigenvalue weighted by Crippen LogP contribution is -2.62. The third-order valence-electron chi connectivity index (χ3n) is 3.44. The van der Waals surface area contributed by atoms with Crippen molar-refractivity contribution in [2.75, 3.05) is 19.6 Å². The molecule has 0 aliphatic carbocycles. The van der Waals surface area contributed by atoms with E-state index in [-0.39, 0.29) is 30.4 Å². The van der Waals surface area contributed by atoms with Crippen LogP contribution in [0.5, 0.6) is 0 Å². The Morgan fingerprint density at radius 3 is 2.53 bits per heavy atom. The lowest BCUT2D eigenvalue weighted by atomic mass is 10.1. The summed E-state index contributed by atoms with van der Waals surface area (Å²) in [5.41, 5.74) is 0. The van der Waals surface area contributed by atoms with Gasteiger partial charge in [0.2, 0.25) is 11.8 Å². The summed E-state index contributed by atoms with van der Waals surface area (Å²) < 4.78 is 1.80. The average Bonchev–Trinajstić information content (AvgIpc) is 2.91. The molecule has 4 amide bonds. The quantitative estimate of drug-likeness (QED) is 0.728. The molecule has 0 aromatic carbocycles. The average molecular weight is 262 g/mol. The Kier molecular flexibility index (Phi) is 2.73. The van der Waals surface area contributed by atoms with E-state index in [4.69, 9.17) is 0 Å². The molecule has 3 heterocycles. The summed E-state index contributed by atoms with van der Waals surface area (Å²) in [7, 11) is 0. The number of rotatable bonds is 3. The van der Waals surface area contributed by atoms with Crippen molar-refractivity contribution in [1.82, 2.24) is 19.7 Å². The molecule has 0 atom stereocenters. The molecule has 7 heteroatoms. The molecule has 19 heavy (non-hydrogen) atoms. The topological polar surface area (TPSA) is 74.7 Å². The zero-order valence-corrected chi connectivity index (χ0v) is 10.3. The van der Waals surface area contributed by atoms with E-state index < -0.39 is 0 Å². The van der Waals surface area contributed by atoms with E-state index in [2.05, 4.69) is 5.32 Å². The molecular weight excluding hydrogens is 248 g/mol. The minimum absolute atomic E-state index is 0.000459. The van der Waals surface area contributed by atoms with E-state index in [0.29, 0.717) is 19.6 Å². The smallest absolute Gasteiger partial charge is 0.324 e. The van der Waals surface area contributed by atoms with Crippen molar-refractivity contribution in [2.24, 2.45) is 0 Å². The van der Waals surface area contributed by atoms with Crippen LogP contribution in [0.4, 0.5) is 4.79 Å². The first kappa shape index (κ1) is 11.8. The molecule has 0 unspecified atom stereocenters. The van der Waals surface area contributed by atoms with Crippen molar-refractivity contribution in [3.8, 4) is 0 Å². The maximum atomic E-state index is 11.9. The Morgan fingerprint density at radius 1 is 1.26 bits per heavy atom. The monoisotopic (exact) mass is 262 g/mol. The molecule has 100 valence electrons. The normalized spacial score (nSPS) is 19.6. The van der Waals surface area contributed by atoms with Crippen molar-refractivity contribution in [1.29, 1.82) is 0 Å². The molecule has 7 nitrogen and oxygen atoms in total. The van der Waals surface area contributed by atoms with Crippen molar-refractivity contribution >= 4 is 17.8 Å². The third-order valence-corrected chi connectivity index (χ3v) is 3.44. The van der Waals surface area contributed by atoms with Gasteiger partial charge in [0.25, 0.3) is 0 Å². The van der Waals surface area contributed by atoms with E-state index >= 15 is 0 Å². The SMILES string of the molecule is O=C(Cn1cccc1)N1CC(N2C(=O)CNC2=O)C1. The summed E-state index contributed by atoms with van der Waals surface area (Å²) in [6, 6.07) is 3.19. The highest BCUT2D eigenvalue weighted by atomic mass is 16.2. The van der Waals surface area contributed by atoms with Gasteiger partial charge in [-0.25, -0.2) is 4.79 Å². The first-order valence-electron chi connectivity index (χ1n) is 6.13. The van der Waals surface area contributed by atoms with E-state index in [1.54, 1.807) is 9.47 Å². The van der Waals surface area contributed by atoms with Crippen LogP contribution in [0.15, 0.2) is 24.5 Å². The molecule has 0 bridgehead atoms. The second-order valence-electron chi connectivity index (χ2n) is 4.73. The summed E-state index contributed by atoms with van der Waals surface area (Å²) >= 11 is 0. The van der Waals surface area contributed by atoms with E-state index in [1.165, 1.54) is 4.90 Å². The van der Waals surface area contributed by atoms with Gasteiger partial charge in [-0.3, -0.25) is 14.5 Å². The maximum absolute atomic E-state index is 11.9. The highest BCUT2D eigenvalue weighted by molar-refractivity contribution is 6.02. The fraction of sp³-hybridized carbons (Fsp3) is 0.417. The summed E-state index contributed by atoms with van der Waals surface area (Å²) in [4.78, 5) is 37.7. The molecule has 0 spiro atoms. The van der Waals surface area contributed by atoms with Gasteiger partial charge >= 0.3 is 6.03 Å². The molecule has 2 aliphatic heterocycles. The Morgan fingerprint density at radius 2 is 1.95 bits per heavy atom. The number of likely N-dealkylation sites (tertiary alicyclic amines) is 1. The number of carbonyl (C=O) groups is 3. The summed E-state index contributed by atoms with van der Waals surface area (Å²) in [5, 5.41) is 2.48. The second kappa shape index (κ2) is 4.42. The van der Waals surface area contributed by atoms with Crippen LogP contribution in [0.3, 0.4) is 0 Å². The van der Waals surface area contributed by atoms with Gasteiger partial charge in [0.1, 0.15) is 6.54 Å². The largest absolute Gasteiger partial charge is 0.345 e. The fourth-order valence-corrected chi connectivity index (χ4v) is 2.36. The number of hydrogen-bond donors (Lipinski definition) is 1. The van der Waals surface area contributed by atoms with E-state index in [0.717, 1.165) is 0 Å². The Labute approximate surface area is 109 Å². The Hall–Kier alpha value is -2.31. The Balaban J connectivity index is 1.54. The maximum Gasteiger partial charge on any atom is 0.324 e. The first-order valence-corrected chi connectivity index (χ1v) is 6.13. The van der Waals surface area contributed by atoms with Crippen LogP contribution in [-0.2, 0) is 16.1 Å². The van der Waals surface area contributed by atoms with Crippen LogP contribution in [0.25, 0.3) is 0 Å². The number of nitrogens with one attached hydrogen (secondary N) is 1. The van der Waals surface area contributed by atoms with E-state index in [1.807, 2.05) is 24.5 Å². The molecule has 1 aromatic heterocycles. The Bertz CT molecular complexity index is 503. The molecular formula is C12H14N4O3. The number of amides is 4. The van der Waals surface area contributed by atoms with Crippen LogP contribution in [0.1, 0.15) is 0 Å². The molecule has 3 rings (SSSR count). The molecule has 2 fully saturated rings. The summed E-state index contributed by atoms with van der Waals surface area (Å²) in [5.74, 6) is -0.216. The predicted octanol–water partition coefficient (Wildman–Crippen LogP) is -0.749. The highest BCUT2D eigenvalue weighted by Gasteiger charge is 2.42. The standard InChI is InChI=1S/C12H14N4O3/c17-10-5-13-12(19)16(10)9-6-15(7-9)11(18)8-14-3-1-2-4-14/h1-4,9H,5-8H2,(H,13,19). The molecule has 0 saturated carbocycles. The van der Waals surface area contributed by atoms with Crippen molar-refractivity contribution in [3.05, 3.63) is 24.5 Å². The minimum Gasteiger partial charge on any atom is -0.345 e. The van der Waals surface area contributed by atoms with Gasteiger partial charge in [-0.2, -0.15) is 0 Å². The van der Waals surface area contributed by atoms with Crippen LogP contribution in [-0.4, -0.2) is 57.9 Å². The lowest BCUT2D eigenvalue weighted by molar-refractivity contribution is -0.142. The lowest BCUT2D eigenvalue weighted by Gasteiger charge is -2.42. The van der Waals surface area contributed by atoms with Crippen LogP contribution >= 0.6 is 0 Å². The summed E-state index contributed by atoms with van der Waals surface area (Å²) in [6.45, 7) is 1.21. The van der Waals surface area contributed by atoms with Crippen molar-refractivity contribution in [2.45, 2.75) is 12.6 Å². The number of carbonyl (C=O) groups excluding carboxylic acids is 3. The van der Waals surface area contributed by atoms with Gasteiger partial charge in [-0.1, -0.05) is 0 Å². The number of imide groups is 1. The van der Waals surface area contributed by atoms with Crippen molar-refractivity contribution in [3.63, 3.8) is 0 Å². The minimum atomic E-state index is -0.354. The number of urea groups is 1. The fourth-order valence-electron chi connectivity index (χ4n) is 2.36.